The molecule has 0 fully saturated rings. The number of H-pyrrole nitrogens is 1. The molecule has 216 valence electrons. The van der Waals surface area contributed by atoms with Crippen molar-refractivity contribution in [3.63, 3.8) is 0 Å². The van der Waals surface area contributed by atoms with Gasteiger partial charge in [0.25, 0.3) is 0 Å². The van der Waals surface area contributed by atoms with Crippen LogP contribution in [0.15, 0.2) is 79.1 Å². The van der Waals surface area contributed by atoms with Crippen molar-refractivity contribution in [2.75, 3.05) is 6.61 Å². The highest BCUT2D eigenvalue weighted by molar-refractivity contribution is 6.09. The predicted octanol–water partition coefficient (Wildman–Crippen LogP) is 7.47. The fraction of sp³-hybridized carbons (Fsp3) is 0.267. The minimum atomic E-state index is -5.15. The monoisotopic (exact) mass is 576 g/mol. The molecule has 41 heavy (non-hydrogen) atoms. The van der Waals surface area contributed by atoms with Crippen LogP contribution in [0.2, 0.25) is 0 Å². The van der Waals surface area contributed by atoms with Crippen molar-refractivity contribution in [2.45, 2.75) is 31.6 Å². The summed E-state index contributed by atoms with van der Waals surface area (Å²) < 4.78 is 89.4. The lowest BCUT2D eigenvalue weighted by molar-refractivity contribution is -0.143. The number of nitrogens with one attached hydrogen (secondary N) is 1. The molecule has 2 atom stereocenters. The molecule has 0 saturated carbocycles. The summed E-state index contributed by atoms with van der Waals surface area (Å²) in [6, 6.07) is 10.9. The van der Waals surface area contributed by atoms with Crippen LogP contribution >= 0.6 is 0 Å². The summed E-state index contributed by atoms with van der Waals surface area (Å²) in [6.45, 7) is 3.24. The number of nitrogens with zero attached hydrogens (tertiary/aromatic N) is 1. The summed E-state index contributed by atoms with van der Waals surface area (Å²) in [7, 11) is 1.71. The van der Waals surface area contributed by atoms with E-state index in [4.69, 9.17) is 4.74 Å². The fourth-order valence-electron chi connectivity index (χ4n) is 5.19. The maximum absolute atomic E-state index is 14.7. The van der Waals surface area contributed by atoms with E-state index in [-0.39, 0.29) is 18.4 Å². The summed E-state index contributed by atoms with van der Waals surface area (Å²) in [6.07, 6.45) is -4.72. The van der Waals surface area contributed by atoms with Gasteiger partial charge in [0.05, 0.1) is 17.7 Å². The van der Waals surface area contributed by atoms with E-state index in [9.17, 15) is 35.9 Å². The van der Waals surface area contributed by atoms with Crippen LogP contribution in [0.1, 0.15) is 46.6 Å². The number of aromatic nitrogens is 2. The number of para-hydroxylation sites is 1. The Kier molecular flexibility index (Phi) is 7.93. The van der Waals surface area contributed by atoms with Gasteiger partial charge in [-0.3, -0.25) is 4.79 Å². The van der Waals surface area contributed by atoms with Crippen molar-refractivity contribution in [1.29, 1.82) is 0 Å². The van der Waals surface area contributed by atoms with E-state index < -0.39 is 52.1 Å². The maximum atomic E-state index is 14.7. The first-order valence-electron chi connectivity index (χ1n) is 12.6. The summed E-state index contributed by atoms with van der Waals surface area (Å²) in [5, 5.41) is 0.553. The summed E-state index contributed by atoms with van der Waals surface area (Å²) in [4.78, 5) is 29.8. The van der Waals surface area contributed by atoms with Crippen LogP contribution in [0.25, 0.3) is 10.9 Å². The number of Topliss-reactive ketones (excluding diaryl/α,β-unsaturated/α-hetero) is 1. The normalized spacial score (nSPS) is 14.8. The van der Waals surface area contributed by atoms with Crippen molar-refractivity contribution in [3.05, 3.63) is 107 Å². The Hall–Kier alpha value is -4.28. The molecule has 2 heterocycles. The van der Waals surface area contributed by atoms with Crippen LogP contribution < -0.4 is 0 Å². The van der Waals surface area contributed by atoms with Crippen LogP contribution in [0, 0.1) is 5.92 Å². The SMILES string of the molecule is CCOC(=O)C=CC(C)C(C(=O)c1cc(C(F)(F)F)cc(C(F)(F)F)c1)(c1ccc[nH]1)c1cn(C)c2ccccc12. The molecule has 5 nitrogen and oxygen atoms in total. The number of esters is 1. The number of ether oxygens (including phenoxy) is 1. The van der Waals surface area contributed by atoms with E-state index in [0.29, 0.717) is 28.6 Å². The molecular formula is C30H26F6N2O3. The van der Waals surface area contributed by atoms with Crippen molar-refractivity contribution >= 4 is 22.7 Å². The number of rotatable bonds is 8. The van der Waals surface area contributed by atoms with Crippen molar-refractivity contribution < 1.29 is 40.7 Å². The molecule has 4 aromatic rings. The minimum Gasteiger partial charge on any atom is -0.463 e. The molecule has 4 rings (SSSR count). The number of carbonyl (C=O) groups excluding carboxylic acids is 2. The highest BCUT2D eigenvalue weighted by Crippen LogP contribution is 2.47. The Balaban J connectivity index is 2.10. The average Bonchev–Trinajstić information content (AvgIpc) is 3.56. The molecule has 0 radical (unpaired) electrons. The number of carbonyl (C=O) groups is 2. The van der Waals surface area contributed by atoms with E-state index in [0.717, 1.165) is 6.08 Å². The molecule has 0 aliphatic carbocycles. The van der Waals surface area contributed by atoms with Gasteiger partial charge in [0.1, 0.15) is 5.41 Å². The molecule has 0 aliphatic heterocycles. The summed E-state index contributed by atoms with van der Waals surface area (Å²) in [5.74, 6) is -2.70. The largest absolute Gasteiger partial charge is 0.463 e. The van der Waals surface area contributed by atoms with E-state index in [1.165, 1.54) is 18.3 Å². The standard InChI is InChI=1S/C30H26F6N2O3/c1-4-41-26(39)12-11-18(2)28(25-10-7-13-37-25,23-17-38(3)24-9-6-5-8-22(23)24)27(40)19-14-20(29(31,32)33)16-21(15-19)30(34,35)36/h5-18,37H,4H2,1-3H3. The lowest BCUT2D eigenvalue weighted by Gasteiger charge is -2.36. The van der Waals surface area contributed by atoms with Crippen LogP contribution in [0.4, 0.5) is 26.3 Å². The van der Waals surface area contributed by atoms with Crippen LogP contribution in [-0.2, 0) is 34.3 Å². The molecule has 0 aliphatic rings. The zero-order valence-corrected chi connectivity index (χ0v) is 22.2. The van der Waals surface area contributed by atoms with Crippen LogP contribution in [-0.4, -0.2) is 27.9 Å². The second kappa shape index (κ2) is 10.9. The Bertz CT molecular complexity index is 1570. The van der Waals surface area contributed by atoms with Gasteiger partial charge in [0, 0.05) is 47.7 Å². The fourth-order valence-corrected chi connectivity index (χ4v) is 5.19. The van der Waals surface area contributed by atoms with E-state index >= 15 is 0 Å². The van der Waals surface area contributed by atoms with Gasteiger partial charge in [-0.25, -0.2) is 4.79 Å². The van der Waals surface area contributed by atoms with Gasteiger partial charge in [-0.05, 0) is 54.8 Å². The Labute approximate surface area is 231 Å². The summed E-state index contributed by atoms with van der Waals surface area (Å²) >= 11 is 0. The number of fused-ring (bicyclic) bond motifs is 1. The third kappa shape index (κ3) is 5.53. The van der Waals surface area contributed by atoms with Gasteiger partial charge < -0.3 is 14.3 Å². The molecule has 0 saturated heterocycles. The zero-order chi connectivity index (χ0) is 30.2. The highest BCUT2D eigenvalue weighted by Gasteiger charge is 2.50. The zero-order valence-electron chi connectivity index (χ0n) is 22.2. The highest BCUT2D eigenvalue weighted by atomic mass is 19.4. The predicted molar refractivity (Wildman–Crippen MR) is 140 cm³/mol. The molecule has 0 amide bonds. The quantitative estimate of drug-likeness (QED) is 0.102. The topological polar surface area (TPSA) is 64.1 Å². The molecular weight excluding hydrogens is 550 g/mol. The van der Waals surface area contributed by atoms with Gasteiger partial charge in [-0.2, -0.15) is 26.3 Å². The lowest BCUT2D eigenvalue weighted by atomic mass is 9.64. The molecule has 2 unspecified atom stereocenters. The second-order valence-electron chi connectivity index (χ2n) is 9.59. The maximum Gasteiger partial charge on any atom is 0.416 e. The first-order chi connectivity index (χ1) is 19.2. The third-order valence-electron chi connectivity index (χ3n) is 7.04. The first kappa shape index (κ1) is 29.7. The van der Waals surface area contributed by atoms with Gasteiger partial charge in [-0.15, -0.1) is 0 Å². The minimum absolute atomic E-state index is 0.0187. The van der Waals surface area contributed by atoms with Crippen LogP contribution in [0.3, 0.4) is 0 Å². The van der Waals surface area contributed by atoms with E-state index in [1.54, 1.807) is 62.0 Å². The molecule has 1 N–H and O–H groups in total. The van der Waals surface area contributed by atoms with Crippen molar-refractivity contribution in [1.82, 2.24) is 9.55 Å². The summed E-state index contributed by atoms with van der Waals surface area (Å²) in [5.41, 5.74) is -4.67. The number of alkyl halides is 6. The number of hydrogen-bond acceptors (Lipinski definition) is 3. The van der Waals surface area contributed by atoms with Gasteiger partial charge in [0.15, 0.2) is 5.78 Å². The average molecular weight is 577 g/mol. The Morgan fingerprint density at radius 3 is 2.17 bits per heavy atom. The first-order valence-corrected chi connectivity index (χ1v) is 12.6. The van der Waals surface area contributed by atoms with E-state index in [2.05, 4.69) is 4.98 Å². The molecule has 0 bridgehead atoms. The smallest absolute Gasteiger partial charge is 0.416 e. The number of aryl methyl sites for hydroxylation is 1. The Morgan fingerprint density at radius 1 is 0.976 bits per heavy atom. The Morgan fingerprint density at radius 2 is 1.61 bits per heavy atom. The third-order valence-corrected chi connectivity index (χ3v) is 7.04. The van der Waals surface area contributed by atoms with Crippen LogP contribution in [0.5, 0.6) is 0 Å². The van der Waals surface area contributed by atoms with E-state index in [1.807, 2.05) is 0 Å². The molecule has 11 heteroatoms. The van der Waals surface area contributed by atoms with Gasteiger partial charge in [-0.1, -0.05) is 31.2 Å². The number of halogens is 6. The van der Waals surface area contributed by atoms with Crippen molar-refractivity contribution in [3.8, 4) is 0 Å². The second-order valence-corrected chi connectivity index (χ2v) is 9.59. The number of hydrogen-bond donors (Lipinski definition) is 1. The van der Waals surface area contributed by atoms with Gasteiger partial charge >= 0.3 is 18.3 Å². The number of ketones is 1. The molecule has 2 aromatic heterocycles. The molecule has 2 aromatic carbocycles. The lowest BCUT2D eigenvalue weighted by Crippen LogP contribution is -2.43. The number of allylic oxidation sites excluding steroid dienone is 1. The van der Waals surface area contributed by atoms with Crippen molar-refractivity contribution in [2.24, 2.45) is 13.0 Å². The number of benzene rings is 2. The number of aromatic amines is 1. The van der Waals surface area contributed by atoms with Gasteiger partial charge in [0.2, 0.25) is 0 Å². The molecule has 0 spiro atoms.